The van der Waals surface area contributed by atoms with Crippen LogP contribution in [0.15, 0.2) is 24.3 Å². The Labute approximate surface area is 87.4 Å². The van der Waals surface area contributed by atoms with Gasteiger partial charge in [0.05, 0.1) is 0 Å². The lowest BCUT2D eigenvalue weighted by atomic mass is 10.3. The maximum atomic E-state index is 5.78. The average molecular weight is 216 g/mol. The van der Waals surface area contributed by atoms with E-state index >= 15 is 0 Å². The van der Waals surface area contributed by atoms with Crippen molar-refractivity contribution in [3.63, 3.8) is 0 Å². The highest BCUT2D eigenvalue weighted by atomic mass is 35.5. The van der Waals surface area contributed by atoms with Crippen molar-refractivity contribution in [3.05, 3.63) is 29.3 Å². The summed E-state index contributed by atoms with van der Waals surface area (Å²) in [5, 5.41) is 5.37. The molecule has 0 aliphatic heterocycles. The molecule has 3 N–H and O–H groups in total. The van der Waals surface area contributed by atoms with E-state index in [0.717, 1.165) is 5.69 Å². The van der Waals surface area contributed by atoms with E-state index in [1.165, 1.54) is 5.01 Å². The highest BCUT2D eigenvalue weighted by Crippen LogP contribution is 2.14. The number of anilines is 1. The summed E-state index contributed by atoms with van der Waals surface area (Å²) in [6.07, 6.45) is 0. The van der Waals surface area contributed by atoms with Crippen LogP contribution in [-0.2, 0) is 0 Å². The molecule has 0 atom stereocenters. The number of nitrogens with zero attached hydrogens (tertiary/aromatic N) is 1. The van der Waals surface area contributed by atoms with E-state index in [1.54, 1.807) is 19.2 Å². The van der Waals surface area contributed by atoms with Crippen molar-refractivity contribution in [3.8, 4) is 0 Å². The van der Waals surface area contributed by atoms with Crippen LogP contribution in [0.2, 0.25) is 5.02 Å². The van der Waals surface area contributed by atoms with Gasteiger partial charge in [0.2, 0.25) is 0 Å². The van der Waals surface area contributed by atoms with Gasteiger partial charge in [0, 0.05) is 17.8 Å². The lowest BCUT2D eigenvalue weighted by Gasteiger charge is -2.14. The van der Waals surface area contributed by atoms with Crippen molar-refractivity contribution in [1.29, 1.82) is 0 Å². The van der Waals surface area contributed by atoms with Gasteiger partial charge in [-0.1, -0.05) is 17.7 Å². The molecule has 0 spiro atoms. The summed E-state index contributed by atoms with van der Waals surface area (Å²) in [6, 6.07) is 7.27. The zero-order chi connectivity index (χ0) is 9.84. The first-order valence-corrected chi connectivity index (χ1v) is 4.43. The summed E-state index contributed by atoms with van der Waals surface area (Å²) >= 11 is 10.7. The van der Waals surface area contributed by atoms with Crippen LogP contribution < -0.4 is 11.2 Å². The molecule has 0 saturated carbocycles. The third kappa shape index (κ3) is 3.18. The number of hydrazine groups is 1. The molecule has 0 unspecified atom stereocenters. The van der Waals surface area contributed by atoms with Crippen LogP contribution in [0.1, 0.15) is 0 Å². The Balaban J connectivity index is 2.69. The van der Waals surface area contributed by atoms with Gasteiger partial charge in [-0.25, -0.2) is 5.84 Å². The standard InChI is InChI=1S/C8H10ClN3S/c1-12(10)8(13)11-7-4-2-3-6(9)5-7/h2-5H,10H2,1H3,(H,11,13). The van der Waals surface area contributed by atoms with E-state index in [0.29, 0.717) is 10.1 Å². The predicted molar refractivity (Wildman–Crippen MR) is 59.6 cm³/mol. The fraction of sp³-hybridized carbons (Fsp3) is 0.125. The van der Waals surface area contributed by atoms with E-state index in [2.05, 4.69) is 5.32 Å². The number of nitrogens with one attached hydrogen (secondary N) is 1. The zero-order valence-electron chi connectivity index (χ0n) is 7.12. The van der Waals surface area contributed by atoms with Gasteiger partial charge in [-0.3, -0.25) is 5.01 Å². The molecule has 0 fully saturated rings. The molecule has 1 aromatic rings. The maximum absolute atomic E-state index is 5.78. The second kappa shape index (κ2) is 4.41. The predicted octanol–water partition coefficient (Wildman–Crippen LogP) is 1.84. The SMILES string of the molecule is CN(N)C(=S)Nc1cccc(Cl)c1. The Kier molecular flexibility index (Phi) is 3.48. The van der Waals surface area contributed by atoms with Gasteiger partial charge in [-0.2, -0.15) is 0 Å². The second-order valence-electron chi connectivity index (χ2n) is 2.55. The van der Waals surface area contributed by atoms with Crippen LogP contribution in [0.3, 0.4) is 0 Å². The van der Waals surface area contributed by atoms with Crippen molar-refractivity contribution >= 4 is 34.6 Å². The Morgan fingerprint density at radius 3 is 2.85 bits per heavy atom. The lowest BCUT2D eigenvalue weighted by molar-refractivity contribution is 0.548. The van der Waals surface area contributed by atoms with Crippen LogP contribution in [0.25, 0.3) is 0 Å². The summed E-state index contributed by atoms with van der Waals surface area (Å²) in [7, 11) is 1.67. The maximum Gasteiger partial charge on any atom is 0.187 e. The van der Waals surface area contributed by atoms with E-state index in [1.807, 2.05) is 12.1 Å². The Hall–Kier alpha value is -0.840. The Morgan fingerprint density at radius 1 is 1.62 bits per heavy atom. The third-order valence-electron chi connectivity index (χ3n) is 1.40. The lowest BCUT2D eigenvalue weighted by Crippen LogP contribution is -2.36. The minimum atomic E-state index is 0.447. The normalized spacial score (nSPS) is 9.46. The molecule has 3 nitrogen and oxygen atoms in total. The van der Waals surface area contributed by atoms with E-state index in [-0.39, 0.29) is 0 Å². The number of thiocarbonyl (C=S) groups is 1. The van der Waals surface area contributed by atoms with E-state index in [4.69, 9.17) is 29.7 Å². The van der Waals surface area contributed by atoms with E-state index in [9.17, 15) is 0 Å². The molecule has 70 valence electrons. The van der Waals surface area contributed by atoms with Crippen LogP contribution in [-0.4, -0.2) is 17.2 Å². The first-order valence-electron chi connectivity index (χ1n) is 3.64. The van der Waals surface area contributed by atoms with Crippen LogP contribution in [0, 0.1) is 0 Å². The van der Waals surface area contributed by atoms with Gasteiger partial charge in [-0.05, 0) is 30.4 Å². The molecule has 0 bridgehead atoms. The fourth-order valence-corrected chi connectivity index (χ4v) is 1.09. The summed E-state index contributed by atoms with van der Waals surface area (Å²) in [5.41, 5.74) is 0.829. The number of rotatable bonds is 1. The van der Waals surface area contributed by atoms with Crippen molar-refractivity contribution in [2.75, 3.05) is 12.4 Å². The molecule has 0 aliphatic rings. The minimum absolute atomic E-state index is 0.447. The molecule has 13 heavy (non-hydrogen) atoms. The molecular weight excluding hydrogens is 206 g/mol. The number of hydrogen-bond donors (Lipinski definition) is 2. The molecule has 0 radical (unpaired) electrons. The average Bonchev–Trinajstić information content (AvgIpc) is 2.04. The molecule has 0 aliphatic carbocycles. The summed E-state index contributed by atoms with van der Waals surface area (Å²) < 4.78 is 0. The van der Waals surface area contributed by atoms with Crippen LogP contribution >= 0.6 is 23.8 Å². The summed E-state index contributed by atoms with van der Waals surface area (Å²) in [6.45, 7) is 0. The van der Waals surface area contributed by atoms with E-state index < -0.39 is 0 Å². The minimum Gasteiger partial charge on any atom is -0.331 e. The largest absolute Gasteiger partial charge is 0.331 e. The van der Waals surface area contributed by atoms with Gasteiger partial charge in [0.1, 0.15) is 0 Å². The van der Waals surface area contributed by atoms with Crippen molar-refractivity contribution in [1.82, 2.24) is 5.01 Å². The molecule has 1 aromatic carbocycles. The molecule has 0 saturated heterocycles. The molecule has 0 amide bonds. The highest BCUT2D eigenvalue weighted by Gasteiger charge is 1.99. The van der Waals surface area contributed by atoms with Crippen molar-refractivity contribution in [2.45, 2.75) is 0 Å². The molecule has 1 rings (SSSR count). The number of nitrogens with two attached hydrogens (primary N) is 1. The van der Waals surface area contributed by atoms with Crippen LogP contribution in [0.4, 0.5) is 5.69 Å². The second-order valence-corrected chi connectivity index (χ2v) is 3.37. The topological polar surface area (TPSA) is 41.3 Å². The van der Waals surface area contributed by atoms with Gasteiger partial charge in [0.25, 0.3) is 0 Å². The zero-order valence-corrected chi connectivity index (χ0v) is 8.69. The first-order chi connectivity index (χ1) is 6.09. The van der Waals surface area contributed by atoms with Gasteiger partial charge < -0.3 is 5.32 Å². The van der Waals surface area contributed by atoms with Crippen molar-refractivity contribution in [2.24, 2.45) is 5.84 Å². The smallest absolute Gasteiger partial charge is 0.187 e. The number of benzene rings is 1. The fourth-order valence-electron chi connectivity index (χ4n) is 0.778. The van der Waals surface area contributed by atoms with Gasteiger partial charge in [0.15, 0.2) is 5.11 Å². The Bertz CT molecular complexity index is 314. The third-order valence-corrected chi connectivity index (χ3v) is 2.02. The first kappa shape index (κ1) is 10.2. The number of halogens is 1. The monoisotopic (exact) mass is 215 g/mol. The molecular formula is C8H10ClN3S. The quantitative estimate of drug-likeness (QED) is 0.426. The molecule has 0 aromatic heterocycles. The summed E-state index contributed by atoms with van der Waals surface area (Å²) in [4.78, 5) is 0. The highest BCUT2D eigenvalue weighted by molar-refractivity contribution is 7.80. The molecule has 5 heteroatoms. The van der Waals surface area contributed by atoms with Crippen LogP contribution in [0.5, 0.6) is 0 Å². The molecule has 0 heterocycles. The summed E-state index contributed by atoms with van der Waals surface area (Å²) in [5.74, 6) is 5.42. The van der Waals surface area contributed by atoms with Crippen molar-refractivity contribution < 1.29 is 0 Å². The number of hydrogen-bond acceptors (Lipinski definition) is 2. The Morgan fingerprint density at radius 2 is 2.31 bits per heavy atom. The van der Waals surface area contributed by atoms with Gasteiger partial charge in [-0.15, -0.1) is 0 Å². The van der Waals surface area contributed by atoms with Gasteiger partial charge >= 0.3 is 0 Å².